The third-order valence-corrected chi connectivity index (χ3v) is 10.3. The quantitative estimate of drug-likeness (QED) is 0.511. The van der Waals surface area contributed by atoms with Crippen LogP contribution in [-0.2, 0) is 42.7 Å². The molecule has 1 spiro atoms. The molecule has 222 valence electrons. The Morgan fingerprint density at radius 3 is 2.31 bits per heavy atom. The molecule has 0 aromatic heterocycles. The number of rotatable bonds is 2. The van der Waals surface area contributed by atoms with Crippen molar-refractivity contribution in [3.05, 3.63) is 0 Å². The molecule has 10 heteroatoms. The van der Waals surface area contributed by atoms with E-state index >= 15 is 0 Å². The van der Waals surface area contributed by atoms with Crippen molar-refractivity contribution in [1.29, 1.82) is 0 Å². The zero-order chi connectivity index (χ0) is 27.5. The molecular formula is C29H46O10. The fourth-order valence-corrected chi connectivity index (χ4v) is 7.88. The highest BCUT2D eigenvalue weighted by atomic mass is 16.7. The number of aliphatic hydroxyl groups is 1. The topological polar surface area (TPSA) is 111 Å². The van der Waals surface area contributed by atoms with Gasteiger partial charge in [-0.2, -0.15) is 0 Å². The second-order valence-corrected chi connectivity index (χ2v) is 12.9. The number of aliphatic hydroxyl groups excluding tert-OH is 1. The third kappa shape index (κ3) is 5.18. The summed E-state index contributed by atoms with van der Waals surface area (Å²) in [6, 6.07) is 0. The lowest BCUT2D eigenvalue weighted by atomic mass is 9.76. The van der Waals surface area contributed by atoms with Crippen LogP contribution in [0.1, 0.15) is 66.2 Å². The van der Waals surface area contributed by atoms with Crippen LogP contribution in [0.3, 0.4) is 0 Å². The summed E-state index contributed by atoms with van der Waals surface area (Å²) in [5, 5.41) is 11.6. The van der Waals surface area contributed by atoms with Crippen LogP contribution in [0.5, 0.6) is 0 Å². The first-order chi connectivity index (χ1) is 18.7. The second kappa shape index (κ2) is 11.1. The molecule has 6 rings (SSSR count). The van der Waals surface area contributed by atoms with Gasteiger partial charge in [0.15, 0.2) is 12.1 Å². The predicted molar refractivity (Wildman–Crippen MR) is 137 cm³/mol. The summed E-state index contributed by atoms with van der Waals surface area (Å²) < 4.78 is 49.9. The fraction of sp³-hybridized carbons (Fsp3) is 0.966. The van der Waals surface area contributed by atoms with Crippen molar-refractivity contribution < 1.29 is 47.8 Å². The van der Waals surface area contributed by atoms with Gasteiger partial charge in [0, 0.05) is 24.7 Å². The highest BCUT2D eigenvalue weighted by Gasteiger charge is 2.60. The van der Waals surface area contributed by atoms with Crippen molar-refractivity contribution in [3.63, 3.8) is 0 Å². The van der Waals surface area contributed by atoms with Crippen LogP contribution >= 0.6 is 0 Å². The Balaban J connectivity index is 1.19. The summed E-state index contributed by atoms with van der Waals surface area (Å²) in [7, 11) is 1.37. The molecule has 0 aromatic rings. The summed E-state index contributed by atoms with van der Waals surface area (Å²) in [5.41, 5.74) is 0. The van der Waals surface area contributed by atoms with E-state index in [1.807, 2.05) is 0 Å². The van der Waals surface area contributed by atoms with E-state index in [0.29, 0.717) is 25.6 Å². The number of fused-ring (bicyclic) bond motifs is 4. The van der Waals surface area contributed by atoms with E-state index in [-0.39, 0.29) is 72.9 Å². The van der Waals surface area contributed by atoms with E-state index in [0.717, 1.165) is 25.7 Å². The largest absolute Gasteiger partial charge is 0.469 e. The summed E-state index contributed by atoms with van der Waals surface area (Å²) in [6.07, 6.45) is 0.857. The van der Waals surface area contributed by atoms with Crippen LogP contribution in [0.4, 0.5) is 0 Å². The average Bonchev–Trinajstić information content (AvgIpc) is 3.35. The molecule has 15 atom stereocenters. The highest BCUT2D eigenvalue weighted by molar-refractivity contribution is 5.69. The Kier molecular flexibility index (Phi) is 8.04. The summed E-state index contributed by atoms with van der Waals surface area (Å²) in [6.45, 7) is 9.66. The van der Waals surface area contributed by atoms with Crippen LogP contribution in [0.2, 0.25) is 0 Å². The zero-order valence-electron chi connectivity index (χ0n) is 23.9. The van der Waals surface area contributed by atoms with Gasteiger partial charge in [0.05, 0.1) is 69.5 Å². The van der Waals surface area contributed by atoms with Crippen molar-refractivity contribution >= 4 is 5.97 Å². The SMILES string of the molecule is COC(=O)C[C@@H]1OC[C@@H]2O[C@@H]3C[C@@H]4O[C@@H]5[C@@H](C)[C@H](C)[C@@]6(CCCO6)O[C@H]5[C@@H](O)[C@H](C)[C@H]4O[C@H]3C[C@@H](C)C[C@H]2O1. The Hall–Kier alpha value is -0.850. The van der Waals surface area contributed by atoms with E-state index in [4.69, 9.17) is 37.9 Å². The number of esters is 1. The number of carbonyl (C=O) groups excluding carboxylic acids is 1. The maximum atomic E-state index is 11.8. The number of hydrogen-bond acceptors (Lipinski definition) is 10. The van der Waals surface area contributed by atoms with Crippen LogP contribution in [-0.4, -0.2) is 98.4 Å². The molecule has 6 aliphatic rings. The van der Waals surface area contributed by atoms with Gasteiger partial charge >= 0.3 is 5.97 Å². The number of carbonyl (C=O) groups is 1. The van der Waals surface area contributed by atoms with E-state index in [1.165, 1.54) is 7.11 Å². The maximum Gasteiger partial charge on any atom is 0.310 e. The molecular weight excluding hydrogens is 508 g/mol. The van der Waals surface area contributed by atoms with Crippen molar-refractivity contribution in [1.82, 2.24) is 0 Å². The van der Waals surface area contributed by atoms with Gasteiger partial charge in [0.1, 0.15) is 12.2 Å². The molecule has 0 unspecified atom stereocenters. The number of ether oxygens (including phenoxy) is 8. The van der Waals surface area contributed by atoms with Crippen molar-refractivity contribution in [2.45, 2.75) is 133 Å². The molecule has 0 aliphatic carbocycles. The summed E-state index contributed by atoms with van der Waals surface area (Å²) in [5.74, 6) is -0.559. The normalized spacial score (nSPS) is 53.8. The van der Waals surface area contributed by atoms with E-state index in [2.05, 4.69) is 27.7 Å². The standard InChI is InChI=1S/C29H46O10/c1-14-9-18-20(35-22-13-33-24(12-23(30)32-5)36-19(22)10-14)11-21-26(37-18)16(3)25(31)28-27(38-21)15(2)17(4)29(39-28)7-6-8-34-29/h14-22,24-28,31H,6-13H2,1-5H3/t14-,15+,16+,17+,18+,19-,20-,21+,22+,24-,25+,26-,27-,28+,29-/m1/s1. The molecule has 0 saturated carbocycles. The Labute approximate surface area is 231 Å². The molecule has 0 bridgehead atoms. The van der Waals surface area contributed by atoms with E-state index < -0.39 is 24.3 Å². The van der Waals surface area contributed by atoms with Crippen LogP contribution in [0.15, 0.2) is 0 Å². The second-order valence-electron chi connectivity index (χ2n) is 12.9. The monoisotopic (exact) mass is 554 g/mol. The Bertz CT molecular complexity index is 878. The fourth-order valence-electron chi connectivity index (χ4n) is 7.88. The molecule has 39 heavy (non-hydrogen) atoms. The molecule has 1 N–H and O–H groups in total. The van der Waals surface area contributed by atoms with Gasteiger partial charge in [0.25, 0.3) is 0 Å². The van der Waals surface area contributed by atoms with Gasteiger partial charge in [0.2, 0.25) is 0 Å². The first-order valence-electron chi connectivity index (χ1n) is 15.0. The Morgan fingerprint density at radius 1 is 0.872 bits per heavy atom. The van der Waals surface area contributed by atoms with Gasteiger partial charge in [-0.05, 0) is 31.1 Å². The Morgan fingerprint density at radius 2 is 1.59 bits per heavy atom. The van der Waals surface area contributed by atoms with Gasteiger partial charge < -0.3 is 43.0 Å². The van der Waals surface area contributed by atoms with Crippen LogP contribution < -0.4 is 0 Å². The molecule has 6 heterocycles. The lowest BCUT2D eigenvalue weighted by molar-refractivity contribution is -0.339. The minimum Gasteiger partial charge on any atom is -0.469 e. The van der Waals surface area contributed by atoms with Crippen molar-refractivity contribution in [2.75, 3.05) is 20.3 Å². The maximum absolute atomic E-state index is 11.8. The molecule has 10 nitrogen and oxygen atoms in total. The third-order valence-electron chi connectivity index (χ3n) is 10.3. The van der Waals surface area contributed by atoms with Gasteiger partial charge in [-0.3, -0.25) is 4.79 Å². The minimum absolute atomic E-state index is 0.0641. The first-order valence-corrected chi connectivity index (χ1v) is 15.0. The first kappa shape index (κ1) is 28.3. The van der Waals surface area contributed by atoms with E-state index in [9.17, 15) is 9.90 Å². The van der Waals surface area contributed by atoms with Crippen molar-refractivity contribution in [3.8, 4) is 0 Å². The van der Waals surface area contributed by atoms with Crippen LogP contribution in [0.25, 0.3) is 0 Å². The van der Waals surface area contributed by atoms with Gasteiger partial charge in [-0.15, -0.1) is 0 Å². The van der Waals surface area contributed by atoms with Gasteiger partial charge in [-0.25, -0.2) is 0 Å². The zero-order valence-corrected chi connectivity index (χ0v) is 23.9. The van der Waals surface area contributed by atoms with Crippen molar-refractivity contribution in [2.24, 2.45) is 23.7 Å². The number of hydrogen-bond donors (Lipinski definition) is 1. The summed E-state index contributed by atoms with van der Waals surface area (Å²) in [4.78, 5) is 11.8. The minimum atomic E-state index is -0.722. The lowest BCUT2D eigenvalue weighted by Gasteiger charge is -2.51. The number of methoxy groups -OCH3 is 1. The average molecular weight is 555 g/mol. The molecule has 6 saturated heterocycles. The lowest BCUT2D eigenvalue weighted by Crippen LogP contribution is -2.60. The van der Waals surface area contributed by atoms with E-state index in [1.54, 1.807) is 0 Å². The summed E-state index contributed by atoms with van der Waals surface area (Å²) >= 11 is 0. The molecule has 0 radical (unpaired) electrons. The van der Waals surface area contributed by atoms with Gasteiger partial charge in [-0.1, -0.05) is 27.7 Å². The smallest absolute Gasteiger partial charge is 0.310 e. The molecule has 6 aliphatic heterocycles. The molecule has 0 aromatic carbocycles. The predicted octanol–water partition coefficient (Wildman–Crippen LogP) is 2.57. The van der Waals surface area contributed by atoms with Crippen LogP contribution in [0, 0.1) is 23.7 Å². The molecule has 6 fully saturated rings. The molecule has 0 amide bonds. The highest BCUT2D eigenvalue weighted by Crippen LogP contribution is 2.50.